The zero-order valence-corrected chi connectivity index (χ0v) is 18.7. The SMILES string of the molecule is CO[Si](C(Nc1ccc(C)cc1)c1ccccc1)(C(C)(C)C)C(C)(C)C. The zero-order chi connectivity index (χ0) is 19.6. The molecule has 0 aliphatic rings. The molecular weight excluding hydrogens is 334 g/mol. The van der Waals surface area contributed by atoms with E-state index in [1.807, 2.05) is 7.11 Å². The van der Waals surface area contributed by atoms with Crippen LogP contribution in [0.3, 0.4) is 0 Å². The standard InChI is InChI=1S/C23H35NOSi/c1-18-14-16-20(17-15-18)24-21(19-12-10-9-11-13-19)26(25-8,22(2,3)4)23(5,6)7/h9-17,21,24H,1-8H3. The van der Waals surface area contributed by atoms with Crippen LogP contribution in [0, 0.1) is 6.92 Å². The summed E-state index contributed by atoms with van der Waals surface area (Å²) in [7, 11) is -0.438. The molecule has 0 heterocycles. The Bertz CT molecular complexity index is 682. The van der Waals surface area contributed by atoms with Crippen molar-refractivity contribution in [2.24, 2.45) is 0 Å². The van der Waals surface area contributed by atoms with Crippen molar-refractivity contribution in [2.75, 3.05) is 12.4 Å². The molecule has 0 saturated carbocycles. The lowest BCUT2D eigenvalue weighted by atomic mass is 10.2. The Labute approximate surface area is 161 Å². The third-order valence-electron chi connectivity index (χ3n) is 5.45. The number of benzene rings is 2. The van der Waals surface area contributed by atoms with Gasteiger partial charge in [-0.15, -0.1) is 0 Å². The average molecular weight is 370 g/mol. The second-order valence-electron chi connectivity index (χ2n) is 9.29. The fourth-order valence-corrected chi connectivity index (χ4v) is 11.1. The van der Waals surface area contributed by atoms with Crippen molar-refractivity contribution in [2.45, 2.75) is 64.2 Å². The van der Waals surface area contributed by atoms with Crippen LogP contribution in [0.15, 0.2) is 54.6 Å². The Morgan fingerprint density at radius 1 is 0.808 bits per heavy atom. The molecule has 1 N–H and O–H groups in total. The minimum atomic E-state index is -2.35. The van der Waals surface area contributed by atoms with E-state index >= 15 is 0 Å². The van der Waals surface area contributed by atoms with Crippen LogP contribution < -0.4 is 5.32 Å². The first kappa shape index (κ1) is 20.7. The molecular formula is C23H35NOSi. The summed E-state index contributed by atoms with van der Waals surface area (Å²) in [4.78, 5) is 0. The summed E-state index contributed by atoms with van der Waals surface area (Å²) in [5.41, 5.74) is 3.86. The smallest absolute Gasteiger partial charge is 0.228 e. The predicted molar refractivity (Wildman–Crippen MR) is 116 cm³/mol. The molecule has 0 radical (unpaired) electrons. The fourth-order valence-electron chi connectivity index (χ4n) is 4.60. The maximum absolute atomic E-state index is 6.56. The van der Waals surface area contributed by atoms with Crippen molar-refractivity contribution < 1.29 is 4.43 Å². The highest BCUT2D eigenvalue weighted by Crippen LogP contribution is 2.57. The van der Waals surface area contributed by atoms with Crippen molar-refractivity contribution in [3.05, 3.63) is 65.7 Å². The van der Waals surface area contributed by atoms with E-state index in [0.29, 0.717) is 0 Å². The molecule has 2 rings (SSSR count). The molecule has 0 bridgehead atoms. The monoisotopic (exact) mass is 369 g/mol. The van der Waals surface area contributed by atoms with E-state index in [2.05, 4.69) is 108 Å². The van der Waals surface area contributed by atoms with E-state index in [4.69, 9.17) is 4.43 Å². The normalized spacial score (nSPS) is 14.2. The molecule has 142 valence electrons. The summed E-state index contributed by atoms with van der Waals surface area (Å²) in [6, 6.07) is 19.4. The molecule has 0 amide bonds. The van der Waals surface area contributed by atoms with E-state index in [-0.39, 0.29) is 15.7 Å². The summed E-state index contributed by atoms with van der Waals surface area (Å²) >= 11 is 0. The number of aryl methyl sites for hydroxylation is 1. The van der Waals surface area contributed by atoms with E-state index < -0.39 is 8.32 Å². The number of rotatable bonds is 5. The van der Waals surface area contributed by atoms with Crippen molar-refractivity contribution in [1.82, 2.24) is 0 Å². The van der Waals surface area contributed by atoms with Crippen LogP contribution in [-0.2, 0) is 4.43 Å². The van der Waals surface area contributed by atoms with E-state index in [1.54, 1.807) is 0 Å². The highest BCUT2D eigenvalue weighted by molar-refractivity contribution is 6.81. The van der Waals surface area contributed by atoms with Gasteiger partial charge in [-0.25, -0.2) is 0 Å². The number of anilines is 1. The Kier molecular flexibility index (Phi) is 6.04. The molecule has 1 atom stereocenters. The highest BCUT2D eigenvalue weighted by Gasteiger charge is 2.60. The molecule has 0 aliphatic carbocycles. The van der Waals surface area contributed by atoms with Gasteiger partial charge in [0.05, 0.1) is 5.67 Å². The lowest BCUT2D eigenvalue weighted by Crippen LogP contribution is -2.60. The van der Waals surface area contributed by atoms with Crippen molar-refractivity contribution in [3.63, 3.8) is 0 Å². The van der Waals surface area contributed by atoms with Crippen molar-refractivity contribution >= 4 is 14.0 Å². The van der Waals surface area contributed by atoms with Gasteiger partial charge in [-0.1, -0.05) is 89.6 Å². The molecule has 0 spiro atoms. The molecule has 0 aromatic heterocycles. The molecule has 2 nitrogen and oxygen atoms in total. The third kappa shape index (κ3) is 3.89. The second kappa shape index (κ2) is 7.57. The second-order valence-corrected chi connectivity index (χ2v) is 14.8. The van der Waals surface area contributed by atoms with Gasteiger partial charge in [0, 0.05) is 12.8 Å². The Morgan fingerprint density at radius 2 is 1.31 bits per heavy atom. The maximum atomic E-state index is 6.56. The Morgan fingerprint density at radius 3 is 1.73 bits per heavy atom. The molecule has 26 heavy (non-hydrogen) atoms. The van der Waals surface area contributed by atoms with Gasteiger partial charge in [-0.3, -0.25) is 0 Å². The number of nitrogens with one attached hydrogen (secondary N) is 1. The van der Waals surface area contributed by atoms with Crippen LogP contribution in [0.1, 0.15) is 58.3 Å². The molecule has 0 saturated heterocycles. The molecule has 1 unspecified atom stereocenters. The highest BCUT2D eigenvalue weighted by atomic mass is 28.4. The van der Waals surface area contributed by atoms with Gasteiger partial charge < -0.3 is 9.74 Å². The summed E-state index contributed by atoms with van der Waals surface area (Å²) in [6.45, 7) is 16.1. The van der Waals surface area contributed by atoms with Gasteiger partial charge in [0.2, 0.25) is 8.32 Å². The van der Waals surface area contributed by atoms with Gasteiger partial charge in [-0.2, -0.15) is 0 Å². The fraction of sp³-hybridized carbons (Fsp3) is 0.478. The molecule has 0 fully saturated rings. The van der Waals surface area contributed by atoms with Crippen LogP contribution in [0.4, 0.5) is 5.69 Å². The van der Waals surface area contributed by atoms with E-state index in [1.165, 1.54) is 11.1 Å². The first-order valence-electron chi connectivity index (χ1n) is 9.46. The van der Waals surface area contributed by atoms with Crippen LogP contribution in [-0.4, -0.2) is 15.4 Å². The summed E-state index contributed by atoms with van der Waals surface area (Å²) in [5.74, 6) is 0. The van der Waals surface area contributed by atoms with E-state index in [9.17, 15) is 0 Å². The lowest BCUT2D eigenvalue weighted by Gasteiger charge is -2.54. The third-order valence-corrected chi connectivity index (χ3v) is 11.8. The van der Waals surface area contributed by atoms with Gasteiger partial charge in [-0.05, 0) is 34.7 Å². The number of hydrogen-bond donors (Lipinski definition) is 1. The zero-order valence-electron chi connectivity index (χ0n) is 17.7. The van der Waals surface area contributed by atoms with Crippen LogP contribution in [0.2, 0.25) is 10.1 Å². The number of hydrogen-bond acceptors (Lipinski definition) is 2. The van der Waals surface area contributed by atoms with Gasteiger partial charge in [0.25, 0.3) is 0 Å². The average Bonchev–Trinajstić information content (AvgIpc) is 2.55. The van der Waals surface area contributed by atoms with E-state index in [0.717, 1.165) is 5.69 Å². The topological polar surface area (TPSA) is 21.3 Å². The molecule has 3 heteroatoms. The Balaban J connectivity index is 2.65. The molecule has 2 aromatic carbocycles. The first-order chi connectivity index (χ1) is 12.0. The molecule has 2 aromatic rings. The predicted octanol–water partition coefficient (Wildman–Crippen LogP) is 6.88. The van der Waals surface area contributed by atoms with Crippen LogP contribution in [0.25, 0.3) is 0 Å². The molecule has 0 aliphatic heterocycles. The van der Waals surface area contributed by atoms with Gasteiger partial charge >= 0.3 is 0 Å². The van der Waals surface area contributed by atoms with Crippen molar-refractivity contribution in [1.29, 1.82) is 0 Å². The van der Waals surface area contributed by atoms with Crippen LogP contribution >= 0.6 is 0 Å². The van der Waals surface area contributed by atoms with Crippen LogP contribution in [0.5, 0.6) is 0 Å². The summed E-state index contributed by atoms with van der Waals surface area (Å²) < 4.78 is 6.56. The maximum Gasteiger partial charge on any atom is 0.228 e. The summed E-state index contributed by atoms with van der Waals surface area (Å²) in [6.07, 6.45) is 0. The lowest BCUT2D eigenvalue weighted by molar-refractivity contribution is 0.315. The Hall–Kier alpha value is -1.58. The minimum absolute atomic E-state index is 0.0538. The van der Waals surface area contributed by atoms with Crippen molar-refractivity contribution in [3.8, 4) is 0 Å². The van der Waals surface area contributed by atoms with Gasteiger partial charge in [0.1, 0.15) is 0 Å². The minimum Gasteiger partial charge on any atom is -0.416 e. The summed E-state index contributed by atoms with van der Waals surface area (Å²) in [5, 5.41) is 3.97. The quantitative estimate of drug-likeness (QED) is 0.580. The largest absolute Gasteiger partial charge is 0.416 e. The first-order valence-corrected chi connectivity index (χ1v) is 11.4. The van der Waals surface area contributed by atoms with Gasteiger partial charge in [0.15, 0.2) is 0 Å².